The van der Waals surface area contributed by atoms with E-state index in [0.29, 0.717) is 23.6 Å². The van der Waals surface area contributed by atoms with Crippen LogP contribution in [0.15, 0.2) is 27.8 Å². The van der Waals surface area contributed by atoms with Crippen molar-refractivity contribution in [2.45, 2.75) is 26.3 Å². The van der Waals surface area contributed by atoms with E-state index < -0.39 is 0 Å². The lowest BCUT2D eigenvalue weighted by Gasteiger charge is -2.27. The highest BCUT2D eigenvalue weighted by molar-refractivity contribution is 9.10. The molecule has 0 aliphatic carbocycles. The molecule has 0 fully saturated rings. The van der Waals surface area contributed by atoms with Gasteiger partial charge < -0.3 is 15.8 Å². The predicted octanol–water partition coefficient (Wildman–Crippen LogP) is 3.09. The minimum atomic E-state index is -0.178. The maximum absolute atomic E-state index is 12.5. The van der Waals surface area contributed by atoms with Gasteiger partial charge in [0.05, 0.1) is 10.6 Å². The summed E-state index contributed by atoms with van der Waals surface area (Å²) in [7, 11) is 0. The molecular formula is C13H17BrClN3O2. The van der Waals surface area contributed by atoms with Crippen molar-refractivity contribution in [1.82, 2.24) is 4.90 Å². The molecule has 0 aliphatic heterocycles. The first-order valence-electron chi connectivity index (χ1n) is 6.09. The average Bonchev–Trinajstić information content (AvgIpc) is 2.37. The molecule has 5 nitrogen and oxygen atoms in total. The van der Waals surface area contributed by atoms with Gasteiger partial charge in [0.2, 0.25) is 0 Å². The molecule has 0 spiro atoms. The topological polar surface area (TPSA) is 78.9 Å². The van der Waals surface area contributed by atoms with Crippen molar-refractivity contribution in [2.75, 3.05) is 6.54 Å². The zero-order valence-corrected chi connectivity index (χ0v) is 13.6. The highest BCUT2D eigenvalue weighted by atomic mass is 79.9. The van der Waals surface area contributed by atoms with Crippen molar-refractivity contribution in [3.8, 4) is 0 Å². The van der Waals surface area contributed by atoms with Crippen molar-refractivity contribution < 1.29 is 10.0 Å². The molecule has 0 radical (unpaired) electrons. The van der Waals surface area contributed by atoms with E-state index in [1.54, 1.807) is 23.1 Å². The van der Waals surface area contributed by atoms with Gasteiger partial charge in [-0.3, -0.25) is 4.79 Å². The third-order valence-corrected chi connectivity index (χ3v) is 3.59. The monoisotopic (exact) mass is 361 g/mol. The van der Waals surface area contributed by atoms with E-state index in [9.17, 15) is 4.79 Å². The van der Waals surface area contributed by atoms with Crippen LogP contribution >= 0.6 is 27.5 Å². The van der Waals surface area contributed by atoms with Crippen LogP contribution in [0.5, 0.6) is 0 Å². The second kappa shape index (κ2) is 7.50. The minimum Gasteiger partial charge on any atom is -0.409 e. The van der Waals surface area contributed by atoms with E-state index >= 15 is 0 Å². The Morgan fingerprint density at radius 3 is 2.70 bits per heavy atom. The maximum Gasteiger partial charge on any atom is 0.255 e. The fourth-order valence-electron chi connectivity index (χ4n) is 1.70. The number of benzene rings is 1. The number of nitrogens with zero attached hydrogens (tertiary/aromatic N) is 2. The number of hydrogen-bond donors (Lipinski definition) is 2. The predicted molar refractivity (Wildman–Crippen MR) is 83.4 cm³/mol. The van der Waals surface area contributed by atoms with Crippen molar-refractivity contribution >= 4 is 39.3 Å². The number of nitrogens with two attached hydrogens (primary N) is 1. The summed E-state index contributed by atoms with van der Waals surface area (Å²) in [4.78, 5) is 14.1. The fraction of sp³-hybridized carbons (Fsp3) is 0.385. The summed E-state index contributed by atoms with van der Waals surface area (Å²) in [6.07, 6.45) is 0.300. The fourth-order valence-corrected chi connectivity index (χ4v) is 2.45. The van der Waals surface area contributed by atoms with Crippen LogP contribution in [0.4, 0.5) is 0 Å². The Labute approximate surface area is 131 Å². The summed E-state index contributed by atoms with van der Waals surface area (Å²) < 4.78 is 0.812. The summed E-state index contributed by atoms with van der Waals surface area (Å²) in [6.45, 7) is 4.16. The number of hydrogen-bond acceptors (Lipinski definition) is 3. The van der Waals surface area contributed by atoms with Gasteiger partial charge in [-0.05, 0) is 32.0 Å². The van der Waals surface area contributed by atoms with Crippen molar-refractivity contribution in [2.24, 2.45) is 10.9 Å². The van der Waals surface area contributed by atoms with E-state index in [2.05, 4.69) is 21.1 Å². The first-order chi connectivity index (χ1) is 9.36. The lowest BCUT2D eigenvalue weighted by Crippen LogP contribution is -2.39. The Kier molecular flexibility index (Phi) is 6.29. The van der Waals surface area contributed by atoms with Gasteiger partial charge in [-0.1, -0.05) is 32.7 Å². The Morgan fingerprint density at radius 1 is 1.55 bits per heavy atom. The van der Waals surface area contributed by atoms with E-state index in [4.69, 9.17) is 22.5 Å². The third kappa shape index (κ3) is 4.38. The van der Waals surface area contributed by atoms with Gasteiger partial charge in [-0.2, -0.15) is 0 Å². The Morgan fingerprint density at radius 2 is 2.20 bits per heavy atom. The molecule has 1 aromatic rings. The number of oxime groups is 1. The van der Waals surface area contributed by atoms with Gasteiger partial charge in [0, 0.05) is 23.5 Å². The van der Waals surface area contributed by atoms with Crippen LogP contribution in [0.1, 0.15) is 30.6 Å². The van der Waals surface area contributed by atoms with E-state index in [0.717, 1.165) is 4.47 Å². The summed E-state index contributed by atoms with van der Waals surface area (Å²) in [5, 5.41) is 11.8. The van der Waals surface area contributed by atoms with Crippen LogP contribution in [0.25, 0.3) is 0 Å². The van der Waals surface area contributed by atoms with Crippen molar-refractivity contribution in [1.29, 1.82) is 0 Å². The lowest BCUT2D eigenvalue weighted by atomic mass is 10.1. The molecule has 0 aromatic heterocycles. The summed E-state index contributed by atoms with van der Waals surface area (Å²) >= 11 is 9.40. The lowest BCUT2D eigenvalue weighted by molar-refractivity contribution is 0.0711. The zero-order chi connectivity index (χ0) is 15.3. The molecule has 0 unspecified atom stereocenters. The normalized spacial score (nSPS) is 11.8. The average molecular weight is 363 g/mol. The molecular weight excluding hydrogens is 346 g/mol. The molecule has 0 saturated heterocycles. The van der Waals surface area contributed by atoms with Gasteiger partial charge in [0.1, 0.15) is 5.84 Å². The van der Waals surface area contributed by atoms with Crippen molar-refractivity contribution in [3.05, 3.63) is 33.3 Å². The van der Waals surface area contributed by atoms with Crippen LogP contribution in [0, 0.1) is 0 Å². The molecule has 20 heavy (non-hydrogen) atoms. The van der Waals surface area contributed by atoms with Gasteiger partial charge in [-0.15, -0.1) is 0 Å². The molecule has 110 valence electrons. The first-order valence-corrected chi connectivity index (χ1v) is 7.26. The van der Waals surface area contributed by atoms with E-state index in [-0.39, 0.29) is 17.8 Å². The Bertz CT molecular complexity index is 520. The number of carbonyl (C=O) groups is 1. The Hall–Kier alpha value is -1.27. The highest BCUT2D eigenvalue weighted by Crippen LogP contribution is 2.23. The number of rotatable bonds is 5. The molecule has 3 N–H and O–H groups in total. The summed E-state index contributed by atoms with van der Waals surface area (Å²) in [6, 6.07) is 5.10. The van der Waals surface area contributed by atoms with Gasteiger partial charge >= 0.3 is 0 Å². The van der Waals surface area contributed by atoms with Gasteiger partial charge in [-0.25, -0.2) is 0 Å². The first kappa shape index (κ1) is 16.8. The molecule has 0 saturated carbocycles. The van der Waals surface area contributed by atoms with Gasteiger partial charge in [0.15, 0.2) is 0 Å². The zero-order valence-electron chi connectivity index (χ0n) is 11.3. The second-order valence-electron chi connectivity index (χ2n) is 4.56. The van der Waals surface area contributed by atoms with Crippen LogP contribution in [0.3, 0.4) is 0 Å². The Balaban J connectivity index is 2.94. The SMILES string of the molecule is CC(C)N(CCC(N)=NO)C(=O)c1ccc(Br)cc1Cl. The number of amides is 1. The number of carbonyl (C=O) groups excluding carboxylic acids is 1. The largest absolute Gasteiger partial charge is 0.409 e. The number of amidine groups is 1. The highest BCUT2D eigenvalue weighted by Gasteiger charge is 2.21. The molecule has 0 aliphatic rings. The molecule has 0 bridgehead atoms. The summed E-state index contributed by atoms with van der Waals surface area (Å²) in [5.41, 5.74) is 5.87. The van der Waals surface area contributed by atoms with E-state index in [1.807, 2.05) is 13.8 Å². The quantitative estimate of drug-likeness (QED) is 0.366. The minimum absolute atomic E-state index is 0.0197. The van der Waals surface area contributed by atoms with Crippen molar-refractivity contribution in [3.63, 3.8) is 0 Å². The molecule has 0 atom stereocenters. The standard InChI is InChI=1S/C13H17BrClN3O2/c1-8(2)18(6-5-12(16)17-20)13(19)10-4-3-9(14)7-11(10)15/h3-4,7-8,20H,5-6H2,1-2H3,(H2,16,17). The maximum atomic E-state index is 12.5. The van der Waals surface area contributed by atoms with Crippen LogP contribution < -0.4 is 5.73 Å². The number of halogens is 2. The molecule has 0 heterocycles. The molecule has 7 heteroatoms. The third-order valence-electron chi connectivity index (χ3n) is 2.78. The molecule has 1 rings (SSSR count). The second-order valence-corrected chi connectivity index (χ2v) is 5.88. The molecule has 1 aromatic carbocycles. The van der Waals surface area contributed by atoms with E-state index in [1.165, 1.54) is 0 Å². The van der Waals surface area contributed by atoms with Crippen LogP contribution in [-0.2, 0) is 0 Å². The smallest absolute Gasteiger partial charge is 0.255 e. The van der Waals surface area contributed by atoms with Crippen LogP contribution in [-0.4, -0.2) is 34.4 Å². The van der Waals surface area contributed by atoms with Gasteiger partial charge in [0.25, 0.3) is 5.91 Å². The molecule has 1 amide bonds. The van der Waals surface area contributed by atoms with Crippen LogP contribution in [0.2, 0.25) is 5.02 Å². The summed E-state index contributed by atoms with van der Waals surface area (Å²) in [5.74, 6) is -0.0893.